The van der Waals surface area contributed by atoms with Gasteiger partial charge in [0.1, 0.15) is 6.04 Å². The number of aromatic nitrogens is 1. The van der Waals surface area contributed by atoms with Gasteiger partial charge < -0.3 is 14.4 Å². The van der Waals surface area contributed by atoms with E-state index in [0.717, 1.165) is 0 Å². The zero-order valence-electron chi connectivity index (χ0n) is 12.6. The summed E-state index contributed by atoms with van der Waals surface area (Å²) in [7, 11) is 0. The number of Topliss-reactive ketones (excluding diaryl/α,β-unsaturated/α-hetero) is 1. The Morgan fingerprint density at radius 2 is 2.17 bits per heavy atom. The number of pyridine rings is 1. The number of ketones is 1. The van der Waals surface area contributed by atoms with Crippen molar-refractivity contribution in [2.24, 2.45) is 0 Å². The molecule has 1 atom stereocenters. The first kappa shape index (κ1) is 15.0. The van der Waals surface area contributed by atoms with Crippen LogP contribution < -0.4 is 0 Å². The highest BCUT2D eigenvalue weighted by Gasteiger charge is 2.44. The van der Waals surface area contributed by atoms with Gasteiger partial charge in [-0.3, -0.25) is 14.6 Å². The van der Waals surface area contributed by atoms with Crippen LogP contribution >= 0.6 is 0 Å². The minimum absolute atomic E-state index is 0.0112. The first-order chi connectivity index (χ1) is 11.1. The van der Waals surface area contributed by atoms with E-state index in [2.05, 4.69) is 4.98 Å². The van der Waals surface area contributed by atoms with Crippen molar-refractivity contribution in [2.75, 3.05) is 6.54 Å². The maximum atomic E-state index is 12.7. The number of carbonyl (C=O) groups is 2. The Bertz CT molecular complexity index is 750. The number of rotatable bonds is 5. The van der Waals surface area contributed by atoms with E-state index in [1.54, 1.807) is 30.5 Å². The summed E-state index contributed by atoms with van der Waals surface area (Å²) in [5.74, 6) is -1.51. The standard InChI is InChI=1S/C17H16N2O4/c1-2-9-19-14(11-6-3-4-8-18-11)13(16(21)17(19)22)15(20)12-7-5-10-23-12/h3-8,10,14,21H,2,9H2,1H3. The Balaban J connectivity index is 2.10. The van der Waals surface area contributed by atoms with Crippen LogP contribution in [0.2, 0.25) is 0 Å². The Morgan fingerprint density at radius 1 is 1.35 bits per heavy atom. The molecule has 6 heteroatoms. The molecule has 1 aliphatic heterocycles. The summed E-state index contributed by atoms with van der Waals surface area (Å²) in [6, 6.07) is 7.64. The fourth-order valence-electron chi connectivity index (χ4n) is 2.74. The highest BCUT2D eigenvalue weighted by Crippen LogP contribution is 2.38. The number of nitrogens with zero attached hydrogens (tertiary/aromatic N) is 2. The van der Waals surface area contributed by atoms with Crippen molar-refractivity contribution in [2.45, 2.75) is 19.4 Å². The summed E-state index contributed by atoms with van der Waals surface area (Å²) in [4.78, 5) is 30.8. The van der Waals surface area contributed by atoms with Crippen LogP contribution in [0.25, 0.3) is 0 Å². The second-order valence-corrected chi connectivity index (χ2v) is 5.22. The van der Waals surface area contributed by atoms with E-state index in [4.69, 9.17) is 4.42 Å². The molecule has 0 fully saturated rings. The van der Waals surface area contributed by atoms with Crippen molar-refractivity contribution in [3.05, 3.63) is 65.6 Å². The third-order valence-corrected chi connectivity index (χ3v) is 3.73. The molecule has 0 bridgehead atoms. The normalized spacial score (nSPS) is 17.9. The Morgan fingerprint density at radius 3 is 2.78 bits per heavy atom. The van der Waals surface area contributed by atoms with Crippen molar-refractivity contribution in [1.29, 1.82) is 0 Å². The Labute approximate surface area is 133 Å². The van der Waals surface area contributed by atoms with Gasteiger partial charge in [-0.25, -0.2) is 0 Å². The molecule has 0 saturated heterocycles. The summed E-state index contributed by atoms with van der Waals surface area (Å²) in [5, 5.41) is 10.3. The van der Waals surface area contributed by atoms with Crippen molar-refractivity contribution in [3.63, 3.8) is 0 Å². The van der Waals surface area contributed by atoms with Gasteiger partial charge in [0.15, 0.2) is 11.5 Å². The van der Waals surface area contributed by atoms with Gasteiger partial charge in [-0.15, -0.1) is 0 Å². The lowest BCUT2D eigenvalue weighted by molar-refractivity contribution is -0.129. The second-order valence-electron chi connectivity index (χ2n) is 5.22. The topological polar surface area (TPSA) is 83.6 Å². The largest absolute Gasteiger partial charge is 0.503 e. The molecule has 6 nitrogen and oxygen atoms in total. The van der Waals surface area contributed by atoms with Gasteiger partial charge in [0, 0.05) is 12.7 Å². The first-order valence-corrected chi connectivity index (χ1v) is 7.38. The van der Waals surface area contributed by atoms with E-state index in [9.17, 15) is 14.7 Å². The van der Waals surface area contributed by atoms with Gasteiger partial charge in [-0.05, 0) is 30.7 Å². The monoisotopic (exact) mass is 312 g/mol. The van der Waals surface area contributed by atoms with E-state index in [1.807, 2.05) is 6.92 Å². The SMILES string of the molecule is CCCN1C(=O)C(O)=C(C(=O)c2ccco2)C1c1ccccn1. The molecule has 1 aliphatic rings. The van der Waals surface area contributed by atoms with Crippen LogP contribution in [-0.2, 0) is 4.79 Å². The van der Waals surface area contributed by atoms with Crippen LogP contribution in [0.5, 0.6) is 0 Å². The van der Waals surface area contributed by atoms with Crippen molar-refractivity contribution in [1.82, 2.24) is 9.88 Å². The van der Waals surface area contributed by atoms with E-state index in [1.165, 1.54) is 17.2 Å². The summed E-state index contributed by atoms with van der Waals surface area (Å²) < 4.78 is 5.13. The zero-order valence-corrected chi connectivity index (χ0v) is 12.6. The van der Waals surface area contributed by atoms with Gasteiger partial charge in [0.25, 0.3) is 5.91 Å². The first-order valence-electron chi connectivity index (χ1n) is 7.38. The van der Waals surface area contributed by atoms with E-state index in [-0.39, 0.29) is 11.3 Å². The molecule has 118 valence electrons. The van der Waals surface area contributed by atoms with Gasteiger partial charge in [0.2, 0.25) is 5.78 Å². The Hall–Kier alpha value is -2.89. The number of hydrogen-bond donors (Lipinski definition) is 1. The summed E-state index contributed by atoms with van der Waals surface area (Å²) in [5.41, 5.74) is 0.547. The molecule has 0 saturated carbocycles. The molecule has 3 heterocycles. The predicted octanol–water partition coefficient (Wildman–Crippen LogP) is 2.66. The molecule has 2 aromatic heterocycles. The summed E-state index contributed by atoms with van der Waals surface area (Å²) in [6.45, 7) is 2.34. The molecule has 0 spiro atoms. The molecule has 0 aromatic carbocycles. The maximum absolute atomic E-state index is 12.7. The molecule has 3 rings (SSSR count). The minimum Gasteiger partial charge on any atom is -0.503 e. The van der Waals surface area contributed by atoms with Crippen LogP contribution in [0, 0.1) is 0 Å². The third kappa shape index (κ3) is 2.52. The van der Waals surface area contributed by atoms with Gasteiger partial charge in [0.05, 0.1) is 17.5 Å². The van der Waals surface area contributed by atoms with Gasteiger partial charge >= 0.3 is 0 Å². The fraction of sp³-hybridized carbons (Fsp3) is 0.235. The number of aliphatic hydroxyl groups excluding tert-OH is 1. The predicted molar refractivity (Wildman–Crippen MR) is 81.7 cm³/mol. The third-order valence-electron chi connectivity index (χ3n) is 3.73. The van der Waals surface area contributed by atoms with Gasteiger partial charge in [-0.1, -0.05) is 13.0 Å². The van der Waals surface area contributed by atoms with Crippen LogP contribution in [0.1, 0.15) is 35.6 Å². The highest BCUT2D eigenvalue weighted by molar-refractivity contribution is 6.14. The fourth-order valence-corrected chi connectivity index (χ4v) is 2.74. The second kappa shape index (κ2) is 6.08. The number of furan rings is 1. The number of carbonyl (C=O) groups excluding carboxylic acids is 2. The van der Waals surface area contributed by atoms with Crippen molar-refractivity contribution >= 4 is 11.7 Å². The van der Waals surface area contributed by atoms with E-state index >= 15 is 0 Å². The molecule has 0 aliphatic carbocycles. The molecule has 0 radical (unpaired) electrons. The zero-order chi connectivity index (χ0) is 16.4. The van der Waals surface area contributed by atoms with Crippen LogP contribution in [0.4, 0.5) is 0 Å². The summed E-state index contributed by atoms with van der Waals surface area (Å²) >= 11 is 0. The van der Waals surface area contributed by atoms with Crippen LogP contribution in [0.15, 0.2) is 58.5 Å². The molecule has 1 unspecified atom stereocenters. The highest BCUT2D eigenvalue weighted by atomic mass is 16.3. The lowest BCUT2D eigenvalue weighted by Gasteiger charge is -2.25. The van der Waals surface area contributed by atoms with Crippen molar-refractivity contribution < 1.29 is 19.1 Å². The average molecular weight is 312 g/mol. The molecule has 1 N–H and O–H groups in total. The van der Waals surface area contributed by atoms with Crippen LogP contribution in [-0.4, -0.2) is 33.2 Å². The lowest BCUT2D eigenvalue weighted by atomic mass is 9.98. The van der Waals surface area contributed by atoms with Gasteiger partial charge in [-0.2, -0.15) is 0 Å². The summed E-state index contributed by atoms with van der Waals surface area (Å²) in [6.07, 6.45) is 3.67. The molecular formula is C17H16N2O4. The lowest BCUT2D eigenvalue weighted by Crippen LogP contribution is -2.32. The molecular weight excluding hydrogens is 296 g/mol. The number of aliphatic hydroxyl groups is 1. The molecule has 1 amide bonds. The van der Waals surface area contributed by atoms with E-state index in [0.29, 0.717) is 18.7 Å². The molecule has 23 heavy (non-hydrogen) atoms. The Kier molecular flexibility index (Phi) is 3.97. The smallest absolute Gasteiger partial charge is 0.290 e. The van der Waals surface area contributed by atoms with E-state index < -0.39 is 23.5 Å². The maximum Gasteiger partial charge on any atom is 0.290 e. The van der Waals surface area contributed by atoms with Crippen LogP contribution in [0.3, 0.4) is 0 Å². The number of hydrogen-bond acceptors (Lipinski definition) is 5. The number of amides is 1. The minimum atomic E-state index is -0.707. The average Bonchev–Trinajstić information content (AvgIpc) is 3.18. The quantitative estimate of drug-likeness (QED) is 0.858. The molecule has 2 aromatic rings. The van der Waals surface area contributed by atoms with Crippen molar-refractivity contribution in [3.8, 4) is 0 Å².